The maximum atomic E-state index is 13.8. The Morgan fingerprint density at radius 3 is 2.22 bits per heavy atom. The van der Waals surface area contributed by atoms with E-state index in [-0.39, 0.29) is 41.7 Å². The molecule has 10 heteroatoms. The summed E-state index contributed by atoms with van der Waals surface area (Å²) in [5, 5.41) is 10.8. The predicted octanol–water partition coefficient (Wildman–Crippen LogP) is 6.90. The molecule has 246 valence electrons. The topological polar surface area (TPSA) is 132 Å². The minimum atomic E-state index is -1.47. The van der Waals surface area contributed by atoms with Crippen LogP contribution >= 0.6 is 0 Å². The van der Waals surface area contributed by atoms with E-state index in [1.807, 2.05) is 13.8 Å². The number of rotatable bonds is 10. The Labute approximate surface area is 269 Å². The Kier molecular flexibility index (Phi) is 10.1. The number of hydrogen-bond donors (Lipinski definition) is 2. The number of carbonyl (C=O) groups excluding carboxylic acids is 2. The lowest BCUT2D eigenvalue weighted by atomic mass is 9.75. The maximum Gasteiger partial charge on any atom is 0.411 e. The van der Waals surface area contributed by atoms with Crippen molar-refractivity contribution in [3.8, 4) is 5.69 Å². The van der Waals surface area contributed by atoms with Gasteiger partial charge in [0.2, 0.25) is 0 Å². The van der Waals surface area contributed by atoms with Crippen LogP contribution in [-0.2, 0) is 16.1 Å². The number of nitrogen functional groups attached to an aromatic ring is 1. The average Bonchev–Trinajstić information content (AvgIpc) is 3.51. The van der Waals surface area contributed by atoms with Crippen molar-refractivity contribution in [1.29, 1.82) is 0 Å². The highest BCUT2D eigenvalue weighted by atomic mass is 19.1. The van der Waals surface area contributed by atoms with E-state index >= 15 is 0 Å². The van der Waals surface area contributed by atoms with Crippen LogP contribution in [0.5, 0.6) is 0 Å². The molecule has 9 nitrogen and oxygen atoms in total. The van der Waals surface area contributed by atoms with Crippen LogP contribution in [-0.4, -0.2) is 43.6 Å². The van der Waals surface area contributed by atoms with E-state index in [4.69, 9.17) is 10.5 Å². The first-order valence-corrected chi connectivity index (χ1v) is 15.7. The van der Waals surface area contributed by atoms with Crippen molar-refractivity contribution in [2.24, 2.45) is 11.8 Å². The summed E-state index contributed by atoms with van der Waals surface area (Å²) in [7, 11) is 0. The number of hydrogen-bond acceptors (Lipinski definition) is 6. The summed E-state index contributed by atoms with van der Waals surface area (Å²) in [5.41, 5.74) is 5.24. The maximum absolute atomic E-state index is 13.8. The van der Waals surface area contributed by atoms with Gasteiger partial charge in [0.25, 0.3) is 5.56 Å². The number of pyridine rings is 1. The molecule has 0 spiro atoms. The minimum absolute atomic E-state index is 0.00678. The number of nitrogens with zero attached hydrogens (tertiary/aromatic N) is 2. The summed E-state index contributed by atoms with van der Waals surface area (Å²) in [6, 6.07) is 13.3. The molecule has 4 rings (SSSR count). The fraction of sp³-hybridized carbons (Fsp3) is 0.444. The third kappa shape index (κ3) is 7.16. The highest BCUT2D eigenvalue weighted by Crippen LogP contribution is 2.43. The number of anilines is 1. The molecule has 1 aliphatic carbocycles. The molecule has 0 unspecified atom stereocenters. The van der Waals surface area contributed by atoms with E-state index in [1.165, 1.54) is 39.8 Å². The molecule has 1 aromatic heterocycles. The number of benzene rings is 2. The molecular weight excluding hydrogens is 589 g/mol. The number of nitrogens with two attached hydrogens (primary N) is 1. The summed E-state index contributed by atoms with van der Waals surface area (Å²) in [4.78, 5) is 54.7. The summed E-state index contributed by atoms with van der Waals surface area (Å²) in [5.74, 6) is -2.26. The number of ketones is 1. The van der Waals surface area contributed by atoms with Crippen molar-refractivity contribution in [2.75, 3.05) is 5.73 Å². The van der Waals surface area contributed by atoms with Crippen LogP contribution in [0.1, 0.15) is 93.8 Å². The van der Waals surface area contributed by atoms with Crippen LogP contribution in [0.3, 0.4) is 0 Å². The zero-order valence-electron chi connectivity index (χ0n) is 27.4. The van der Waals surface area contributed by atoms with Crippen molar-refractivity contribution in [2.45, 2.75) is 91.3 Å². The molecule has 0 bridgehead atoms. The van der Waals surface area contributed by atoms with Gasteiger partial charge in [-0.3, -0.25) is 19.1 Å². The molecule has 1 fully saturated rings. The molecule has 3 aromatic rings. The van der Waals surface area contributed by atoms with Gasteiger partial charge < -0.3 is 15.6 Å². The number of carboxylic acids is 1. The third-order valence-electron chi connectivity index (χ3n) is 8.55. The monoisotopic (exact) mass is 633 g/mol. The Morgan fingerprint density at radius 2 is 1.67 bits per heavy atom. The molecule has 3 N–H and O–H groups in total. The average molecular weight is 634 g/mol. The molecule has 46 heavy (non-hydrogen) atoms. The molecule has 0 saturated heterocycles. The molecule has 2 aromatic carbocycles. The van der Waals surface area contributed by atoms with Gasteiger partial charge in [-0.2, -0.15) is 0 Å². The highest BCUT2D eigenvalue weighted by Gasteiger charge is 2.54. The second-order valence-electron chi connectivity index (χ2n) is 13.6. The normalized spacial score (nSPS) is 15.0. The van der Waals surface area contributed by atoms with E-state index in [9.17, 15) is 28.7 Å². The van der Waals surface area contributed by atoms with Crippen LogP contribution in [0.4, 0.5) is 15.0 Å². The minimum Gasteiger partial charge on any atom is -0.479 e. The van der Waals surface area contributed by atoms with Crippen molar-refractivity contribution in [1.82, 2.24) is 9.47 Å². The van der Waals surface area contributed by atoms with Crippen molar-refractivity contribution in [3.05, 3.63) is 93.0 Å². The van der Waals surface area contributed by atoms with Crippen LogP contribution in [0, 0.1) is 24.6 Å². The number of aromatic nitrogens is 1. The van der Waals surface area contributed by atoms with Gasteiger partial charge in [-0.1, -0.05) is 38.8 Å². The summed E-state index contributed by atoms with van der Waals surface area (Å²) in [6.45, 7) is 10.7. The van der Waals surface area contributed by atoms with Gasteiger partial charge in [0.05, 0.1) is 17.8 Å². The highest BCUT2D eigenvalue weighted by molar-refractivity contribution is 6.11. The second-order valence-corrected chi connectivity index (χ2v) is 13.6. The first-order chi connectivity index (χ1) is 21.5. The zero-order valence-corrected chi connectivity index (χ0v) is 27.4. The lowest BCUT2D eigenvalue weighted by Gasteiger charge is -2.46. The van der Waals surface area contributed by atoms with Crippen LogP contribution < -0.4 is 11.3 Å². The van der Waals surface area contributed by atoms with Gasteiger partial charge in [-0.05, 0) is 106 Å². The Hall–Kier alpha value is -4.47. The zero-order chi connectivity index (χ0) is 34.0. The lowest BCUT2D eigenvalue weighted by molar-refractivity contribution is -0.158. The Morgan fingerprint density at radius 1 is 1.04 bits per heavy atom. The summed E-state index contributed by atoms with van der Waals surface area (Å²) >= 11 is 0. The predicted molar refractivity (Wildman–Crippen MR) is 175 cm³/mol. The lowest BCUT2D eigenvalue weighted by Crippen LogP contribution is -2.62. The Bertz CT molecular complexity index is 1670. The van der Waals surface area contributed by atoms with Gasteiger partial charge in [0, 0.05) is 11.6 Å². The van der Waals surface area contributed by atoms with Crippen molar-refractivity contribution >= 4 is 23.7 Å². The molecule has 1 amide bonds. The number of amides is 1. The first kappa shape index (κ1) is 34.4. The smallest absolute Gasteiger partial charge is 0.411 e. The summed E-state index contributed by atoms with van der Waals surface area (Å²) in [6.07, 6.45) is 2.76. The molecule has 1 saturated carbocycles. The van der Waals surface area contributed by atoms with Crippen LogP contribution in [0.2, 0.25) is 0 Å². The number of ether oxygens (including phenoxy) is 1. The number of carbonyl (C=O) groups is 3. The quantitative estimate of drug-likeness (QED) is 0.232. The van der Waals surface area contributed by atoms with E-state index in [1.54, 1.807) is 52.0 Å². The first-order valence-electron chi connectivity index (χ1n) is 15.7. The van der Waals surface area contributed by atoms with E-state index < -0.39 is 40.4 Å². The third-order valence-corrected chi connectivity index (χ3v) is 8.55. The SMILES string of the molecule is Cc1cc(C(=O)c2ccc(=O)n(-c3ccc(CN(C(=O)OC(C)(C)C)[C@](CC(C)C)(C(=O)O)C4CCCC4)cc3)c2N)ccc1F. The molecule has 1 atom stereocenters. The molecule has 0 aliphatic heterocycles. The van der Waals surface area contributed by atoms with E-state index in [2.05, 4.69) is 0 Å². The van der Waals surface area contributed by atoms with Crippen LogP contribution in [0.25, 0.3) is 5.69 Å². The number of aliphatic carboxylic acids is 1. The van der Waals surface area contributed by atoms with Gasteiger partial charge in [-0.15, -0.1) is 0 Å². The molecule has 1 aliphatic rings. The van der Waals surface area contributed by atoms with E-state index in [0.717, 1.165) is 12.8 Å². The van der Waals surface area contributed by atoms with Gasteiger partial charge >= 0.3 is 12.1 Å². The van der Waals surface area contributed by atoms with Crippen LogP contribution in [0.15, 0.2) is 59.4 Å². The fourth-order valence-corrected chi connectivity index (χ4v) is 6.47. The van der Waals surface area contributed by atoms with Gasteiger partial charge in [0.1, 0.15) is 22.8 Å². The summed E-state index contributed by atoms with van der Waals surface area (Å²) < 4.78 is 20.8. The van der Waals surface area contributed by atoms with E-state index in [0.29, 0.717) is 29.7 Å². The number of halogens is 1. The number of aryl methyl sites for hydroxylation is 1. The van der Waals surface area contributed by atoms with Crippen molar-refractivity contribution < 1.29 is 28.6 Å². The fourth-order valence-electron chi connectivity index (χ4n) is 6.47. The molecular formula is C36H44FN3O6. The van der Waals surface area contributed by atoms with Crippen molar-refractivity contribution in [3.63, 3.8) is 0 Å². The largest absolute Gasteiger partial charge is 0.479 e. The standard InChI is InChI=1S/C36H44FN3O6/c1-22(2)20-36(33(43)44,26-9-7-8-10-26)39(34(45)46-35(4,5)6)21-24-11-14-27(15-12-24)40-30(41)18-16-28(32(40)38)31(42)25-13-17-29(37)23(3)19-25/h11-19,22,26H,7-10,20-21,38H2,1-6H3,(H,43,44)/t36-/m0/s1. The Balaban J connectivity index is 1.74. The number of carboxylic acid groups (broad SMARTS) is 1. The van der Waals surface area contributed by atoms with Gasteiger partial charge in [0.15, 0.2) is 5.78 Å². The van der Waals surface area contributed by atoms with Gasteiger partial charge in [-0.25, -0.2) is 14.0 Å². The molecule has 1 heterocycles. The molecule has 0 radical (unpaired) electrons. The second kappa shape index (κ2) is 13.5.